The van der Waals surface area contributed by atoms with Crippen LogP contribution in [0.2, 0.25) is 0 Å². The fourth-order valence-corrected chi connectivity index (χ4v) is 4.06. The molecule has 2 aliphatic rings. The third-order valence-electron chi connectivity index (χ3n) is 4.48. The zero-order chi connectivity index (χ0) is 13.1. The SMILES string of the molecule is FC1(F)CC12CCN(c1nc3ccccc3s1)CC2. The predicted octanol–water partition coefficient (Wildman–Crippen LogP) is 3.92. The maximum atomic E-state index is 13.3. The summed E-state index contributed by atoms with van der Waals surface area (Å²) in [6, 6.07) is 8.02. The number of anilines is 1. The first-order valence-electron chi connectivity index (χ1n) is 6.58. The van der Waals surface area contributed by atoms with Gasteiger partial charge in [-0.25, -0.2) is 13.8 Å². The lowest BCUT2D eigenvalue weighted by Crippen LogP contribution is -2.36. The number of rotatable bonds is 1. The Hall–Kier alpha value is -1.23. The van der Waals surface area contributed by atoms with E-state index in [1.54, 1.807) is 11.3 Å². The summed E-state index contributed by atoms with van der Waals surface area (Å²) >= 11 is 1.65. The molecule has 1 aromatic carbocycles. The number of alkyl halides is 2. The second-order valence-corrected chi connectivity index (χ2v) is 6.62. The van der Waals surface area contributed by atoms with Crippen LogP contribution in [0, 0.1) is 5.41 Å². The minimum absolute atomic E-state index is 0.0910. The van der Waals surface area contributed by atoms with Gasteiger partial charge in [-0.2, -0.15) is 0 Å². The number of fused-ring (bicyclic) bond motifs is 1. The number of benzene rings is 1. The third kappa shape index (κ3) is 1.67. The van der Waals surface area contributed by atoms with E-state index in [9.17, 15) is 8.78 Å². The summed E-state index contributed by atoms with van der Waals surface area (Å²) in [5.74, 6) is -2.41. The molecule has 0 amide bonds. The number of halogens is 2. The number of hydrogen-bond donors (Lipinski definition) is 0. The van der Waals surface area contributed by atoms with E-state index in [-0.39, 0.29) is 6.42 Å². The van der Waals surface area contributed by atoms with E-state index in [1.165, 1.54) is 0 Å². The number of aromatic nitrogens is 1. The summed E-state index contributed by atoms with van der Waals surface area (Å²) in [5.41, 5.74) is 0.319. The van der Waals surface area contributed by atoms with Crippen molar-refractivity contribution in [3.63, 3.8) is 0 Å². The fraction of sp³-hybridized carbons (Fsp3) is 0.500. The van der Waals surface area contributed by atoms with Crippen LogP contribution >= 0.6 is 11.3 Å². The average molecular weight is 280 g/mol. The number of thiazole rings is 1. The van der Waals surface area contributed by atoms with Gasteiger partial charge in [0.1, 0.15) is 0 Å². The molecular formula is C14H14F2N2S. The highest BCUT2D eigenvalue weighted by atomic mass is 32.1. The quantitative estimate of drug-likeness (QED) is 0.787. The lowest BCUT2D eigenvalue weighted by molar-refractivity contribution is 0.0537. The summed E-state index contributed by atoms with van der Waals surface area (Å²) in [6.45, 7) is 1.41. The van der Waals surface area contributed by atoms with Gasteiger partial charge in [-0.15, -0.1) is 0 Å². The van der Waals surface area contributed by atoms with Crippen LogP contribution in [-0.2, 0) is 0 Å². The molecule has 0 bridgehead atoms. The Balaban J connectivity index is 1.55. The van der Waals surface area contributed by atoms with Crippen LogP contribution in [0.15, 0.2) is 24.3 Å². The maximum Gasteiger partial charge on any atom is 0.254 e. The molecule has 1 aromatic heterocycles. The Labute approximate surface area is 114 Å². The number of nitrogens with zero attached hydrogens (tertiary/aromatic N) is 2. The smallest absolute Gasteiger partial charge is 0.254 e. The van der Waals surface area contributed by atoms with E-state index < -0.39 is 11.3 Å². The molecule has 19 heavy (non-hydrogen) atoms. The van der Waals surface area contributed by atoms with Gasteiger partial charge in [0.05, 0.1) is 10.2 Å². The van der Waals surface area contributed by atoms with E-state index >= 15 is 0 Å². The Morgan fingerprint density at radius 2 is 1.84 bits per heavy atom. The standard InChI is InChI=1S/C14H14F2N2S/c15-14(16)9-13(14)5-7-18(8-6-13)12-17-10-3-1-2-4-11(10)19-12/h1-4H,5-9H2. The van der Waals surface area contributed by atoms with Crippen LogP contribution in [-0.4, -0.2) is 24.0 Å². The highest BCUT2D eigenvalue weighted by molar-refractivity contribution is 7.22. The Bertz CT molecular complexity index is 596. The summed E-state index contributed by atoms with van der Waals surface area (Å²) < 4.78 is 27.8. The molecule has 1 saturated heterocycles. The van der Waals surface area contributed by atoms with Gasteiger partial charge in [0, 0.05) is 24.9 Å². The molecule has 0 atom stereocenters. The molecule has 1 spiro atoms. The van der Waals surface area contributed by atoms with Gasteiger partial charge < -0.3 is 4.90 Å². The van der Waals surface area contributed by atoms with Crippen LogP contribution < -0.4 is 4.90 Å². The minimum Gasteiger partial charge on any atom is -0.348 e. The summed E-state index contributed by atoms with van der Waals surface area (Å²) in [6.07, 6.45) is 1.28. The second kappa shape index (κ2) is 3.66. The van der Waals surface area contributed by atoms with E-state index in [2.05, 4.69) is 16.0 Å². The van der Waals surface area contributed by atoms with Crippen LogP contribution in [0.25, 0.3) is 10.2 Å². The zero-order valence-corrected chi connectivity index (χ0v) is 11.2. The Kier molecular flexibility index (Phi) is 2.23. The number of piperidine rings is 1. The monoisotopic (exact) mass is 280 g/mol. The van der Waals surface area contributed by atoms with Gasteiger partial charge in [-0.3, -0.25) is 0 Å². The molecule has 1 aliphatic carbocycles. The molecular weight excluding hydrogens is 266 g/mol. The van der Waals surface area contributed by atoms with Gasteiger partial charge in [-0.05, 0) is 25.0 Å². The van der Waals surface area contributed by atoms with Crippen LogP contribution in [0.3, 0.4) is 0 Å². The fourth-order valence-electron chi connectivity index (χ4n) is 3.04. The van der Waals surface area contributed by atoms with Crippen molar-refractivity contribution in [2.24, 2.45) is 5.41 Å². The largest absolute Gasteiger partial charge is 0.348 e. The molecule has 1 saturated carbocycles. The van der Waals surface area contributed by atoms with Crippen molar-refractivity contribution in [1.29, 1.82) is 0 Å². The summed E-state index contributed by atoms with van der Waals surface area (Å²) in [7, 11) is 0. The Morgan fingerprint density at radius 3 is 2.47 bits per heavy atom. The maximum absolute atomic E-state index is 13.3. The van der Waals surface area contributed by atoms with Crippen molar-refractivity contribution in [3.8, 4) is 0 Å². The Morgan fingerprint density at radius 1 is 1.16 bits per heavy atom. The van der Waals surface area contributed by atoms with Crippen molar-refractivity contribution < 1.29 is 8.78 Å². The number of hydrogen-bond acceptors (Lipinski definition) is 3. The average Bonchev–Trinajstić information content (AvgIpc) is 2.76. The predicted molar refractivity (Wildman–Crippen MR) is 73.1 cm³/mol. The van der Waals surface area contributed by atoms with Crippen LogP contribution in [0.5, 0.6) is 0 Å². The van der Waals surface area contributed by atoms with E-state index in [0.717, 1.165) is 15.3 Å². The second-order valence-electron chi connectivity index (χ2n) is 5.61. The molecule has 5 heteroatoms. The van der Waals surface area contributed by atoms with Crippen molar-refractivity contribution in [3.05, 3.63) is 24.3 Å². The molecule has 100 valence electrons. The molecule has 2 nitrogen and oxygen atoms in total. The van der Waals surface area contributed by atoms with E-state index in [4.69, 9.17) is 0 Å². The first kappa shape index (κ1) is 11.6. The van der Waals surface area contributed by atoms with E-state index in [0.29, 0.717) is 25.9 Å². The van der Waals surface area contributed by atoms with Crippen molar-refractivity contribution >= 4 is 26.7 Å². The van der Waals surface area contributed by atoms with Gasteiger partial charge in [0.25, 0.3) is 5.92 Å². The van der Waals surface area contributed by atoms with E-state index in [1.807, 2.05) is 18.2 Å². The van der Waals surface area contributed by atoms with Gasteiger partial charge in [0.2, 0.25) is 0 Å². The zero-order valence-electron chi connectivity index (χ0n) is 10.4. The molecule has 0 unspecified atom stereocenters. The molecule has 2 heterocycles. The highest BCUT2D eigenvalue weighted by Crippen LogP contribution is 2.66. The van der Waals surface area contributed by atoms with Crippen LogP contribution in [0.4, 0.5) is 13.9 Å². The molecule has 4 rings (SSSR count). The summed E-state index contributed by atoms with van der Waals surface area (Å²) in [5, 5.41) is 0.972. The van der Waals surface area contributed by atoms with Crippen molar-refractivity contribution in [2.75, 3.05) is 18.0 Å². The van der Waals surface area contributed by atoms with Gasteiger partial charge in [-0.1, -0.05) is 23.5 Å². The molecule has 0 radical (unpaired) electrons. The van der Waals surface area contributed by atoms with Crippen molar-refractivity contribution in [2.45, 2.75) is 25.2 Å². The first-order chi connectivity index (χ1) is 9.10. The molecule has 2 aromatic rings. The summed E-state index contributed by atoms with van der Waals surface area (Å²) in [4.78, 5) is 6.75. The van der Waals surface area contributed by atoms with Crippen molar-refractivity contribution in [1.82, 2.24) is 4.98 Å². The molecule has 0 N–H and O–H groups in total. The first-order valence-corrected chi connectivity index (χ1v) is 7.40. The lowest BCUT2D eigenvalue weighted by atomic mass is 9.93. The van der Waals surface area contributed by atoms with Crippen LogP contribution in [0.1, 0.15) is 19.3 Å². The molecule has 1 aliphatic heterocycles. The third-order valence-corrected chi connectivity index (χ3v) is 5.58. The number of para-hydroxylation sites is 1. The topological polar surface area (TPSA) is 16.1 Å². The minimum atomic E-state index is -2.41. The van der Waals surface area contributed by atoms with Gasteiger partial charge in [0.15, 0.2) is 5.13 Å². The molecule has 2 fully saturated rings. The normalized spacial score (nSPS) is 24.0. The lowest BCUT2D eigenvalue weighted by Gasteiger charge is -2.31. The van der Waals surface area contributed by atoms with Gasteiger partial charge >= 0.3 is 0 Å². The highest BCUT2D eigenvalue weighted by Gasteiger charge is 2.70.